The van der Waals surface area contributed by atoms with Crippen LogP contribution in [0.3, 0.4) is 0 Å². The van der Waals surface area contributed by atoms with Crippen molar-refractivity contribution in [2.24, 2.45) is 11.8 Å². The van der Waals surface area contributed by atoms with E-state index in [0.717, 1.165) is 30.5 Å². The van der Waals surface area contributed by atoms with Crippen LogP contribution < -0.4 is 5.56 Å². The van der Waals surface area contributed by atoms with Gasteiger partial charge in [-0.1, -0.05) is 12.8 Å². The molecule has 0 aliphatic heterocycles. The van der Waals surface area contributed by atoms with Crippen LogP contribution in [0.1, 0.15) is 41.7 Å². The maximum Gasteiger partial charge on any atom is 0.248 e. The molecule has 0 radical (unpaired) electrons. The molecule has 0 saturated heterocycles. The number of aromatic nitrogens is 1. The lowest BCUT2D eigenvalue weighted by Crippen LogP contribution is -2.35. The van der Waals surface area contributed by atoms with Crippen molar-refractivity contribution in [3.8, 4) is 0 Å². The van der Waals surface area contributed by atoms with Gasteiger partial charge in [0.2, 0.25) is 5.56 Å². The molecule has 2 aliphatic rings. The zero-order valence-corrected chi connectivity index (χ0v) is 9.16. The van der Waals surface area contributed by atoms with Crippen LogP contribution in [0.15, 0.2) is 16.9 Å². The van der Waals surface area contributed by atoms with Crippen molar-refractivity contribution in [2.45, 2.75) is 32.1 Å². The van der Waals surface area contributed by atoms with Crippen LogP contribution in [0.4, 0.5) is 0 Å². The fraction of sp³-hybridized carbons (Fsp3) is 0.538. The van der Waals surface area contributed by atoms with Crippen molar-refractivity contribution in [3.05, 3.63) is 33.7 Å². The average Bonchev–Trinajstić information content (AvgIpc) is 2.29. The number of H-pyrrole nitrogens is 1. The average molecular weight is 217 g/mol. The fourth-order valence-electron chi connectivity index (χ4n) is 3.17. The molecule has 3 rings (SSSR count). The van der Waals surface area contributed by atoms with Gasteiger partial charge in [-0.15, -0.1) is 0 Å². The molecule has 3 heteroatoms. The number of rotatable bonds is 0. The van der Waals surface area contributed by atoms with Gasteiger partial charge >= 0.3 is 0 Å². The predicted molar refractivity (Wildman–Crippen MR) is 60.5 cm³/mol. The molecule has 1 fully saturated rings. The van der Waals surface area contributed by atoms with E-state index in [1.54, 1.807) is 6.07 Å². The quantitative estimate of drug-likeness (QED) is 0.721. The van der Waals surface area contributed by atoms with E-state index in [1.165, 1.54) is 18.9 Å². The first kappa shape index (κ1) is 9.82. The number of carbonyl (C=O) groups excluding carboxylic acids is 1. The third kappa shape index (κ3) is 1.42. The molecule has 1 aromatic rings. The van der Waals surface area contributed by atoms with Crippen LogP contribution in [0.25, 0.3) is 0 Å². The number of nitrogens with one attached hydrogen (secondary N) is 1. The van der Waals surface area contributed by atoms with Gasteiger partial charge in [0, 0.05) is 23.2 Å². The van der Waals surface area contributed by atoms with Crippen LogP contribution in [0, 0.1) is 11.8 Å². The summed E-state index contributed by atoms with van der Waals surface area (Å²) in [5.41, 5.74) is 1.52. The van der Waals surface area contributed by atoms with Crippen LogP contribution in [0.5, 0.6) is 0 Å². The van der Waals surface area contributed by atoms with Crippen LogP contribution >= 0.6 is 0 Å². The van der Waals surface area contributed by atoms with E-state index in [2.05, 4.69) is 4.98 Å². The highest BCUT2D eigenvalue weighted by Crippen LogP contribution is 2.38. The van der Waals surface area contributed by atoms with Crippen LogP contribution in [-0.2, 0) is 6.42 Å². The highest BCUT2D eigenvalue weighted by molar-refractivity contribution is 6.00. The van der Waals surface area contributed by atoms with E-state index in [9.17, 15) is 9.59 Å². The second kappa shape index (κ2) is 3.58. The Morgan fingerprint density at radius 3 is 2.81 bits per heavy atom. The molecular weight excluding hydrogens is 202 g/mol. The number of carbonyl (C=O) groups is 1. The Morgan fingerprint density at radius 1 is 1.12 bits per heavy atom. The number of Topliss-reactive ketones (excluding diaryl/α,β-unsaturated/α-hetero) is 1. The van der Waals surface area contributed by atoms with Gasteiger partial charge in [0.25, 0.3) is 0 Å². The maximum atomic E-state index is 12.2. The highest BCUT2D eigenvalue weighted by Gasteiger charge is 2.36. The van der Waals surface area contributed by atoms with Crippen molar-refractivity contribution in [3.63, 3.8) is 0 Å². The predicted octanol–water partition coefficient (Wildman–Crippen LogP) is 1.92. The van der Waals surface area contributed by atoms with E-state index in [4.69, 9.17) is 0 Å². The minimum Gasteiger partial charge on any atom is -0.325 e. The topological polar surface area (TPSA) is 49.9 Å². The van der Waals surface area contributed by atoms with Crippen molar-refractivity contribution in [1.82, 2.24) is 4.98 Å². The van der Waals surface area contributed by atoms with Gasteiger partial charge in [-0.3, -0.25) is 9.59 Å². The van der Waals surface area contributed by atoms with Crippen molar-refractivity contribution >= 4 is 5.78 Å². The molecule has 1 heterocycles. The molecule has 3 nitrogen and oxygen atoms in total. The zero-order chi connectivity index (χ0) is 11.1. The van der Waals surface area contributed by atoms with Gasteiger partial charge in [0.1, 0.15) is 0 Å². The first-order chi connectivity index (χ1) is 7.75. The van der Waals surface area contributed by atoms with Crippen molar-refractivity contribution in [1.29, 1.82) is 0 Å². The third-order valence-corrected chi connectivity index (χ3v) is 3.98. The molecular formula is C13H15NO2. The van der Waals surface area contributed by atoms with Gasteiger partial charge in [-0.05, 0) is 31.2 Å². The lowest BCUT2D eigenvalue weighted by atomic mass is 9.69. The number of hydrogen-bond donors (Lipinski definition) is 1. The Kier molecular flexibility index (Phi) is 2.20. The van der Waals surface area contributed by atoms with Crippen LogP contribution in [-0.4, -0.2) is 10.8 Å². The Morgan fingerprint density at radius 2 is 1.94 bits per heavy atom. The standard InChI is InChI=1S/C13H15NO2/c15-12-6-5-10-11(14-12)7-8-3-1-2-4-9(8)13(10)16/h5-6,8-9H,1-4,7H2,(H,14,15). The van der Waals surface area contributed by atoms with Gasteiger partial charge in [0.05, 0.1) is 0 Å². The molecule has 0 amide bonds. The second-order valence-electron chi connectivity index (χ2n) is 4.93. The number of ketones is 1. The largest absolute Gasteiger partial charge is 0.325 e. The normalized spacial score (nSPS) is 28.4. The smallest absolute Gasteiger partial charge is 0.248 e. The van der Waals surface area contributed by atoms with E-state index in [1.807, 2.05) is 0 Å². The SMILES string of the molecule is O=C1c2ccc(=O)[nH]c2CC2CCCCC12. The summed E-state index contributed by atoms with van der Waals surface area (Å²) in [5.74, 6) is 0.932. The molecule has 0 spiro atoms. The number of aromatic amines is 1. The molecule has 2 aliphatic carbocycles. The van der Waals surface area contributed by atoms with E-state index in [0.29, 0.717) is 5.92 Å². The summed E-state index contributed by atoms with van der Waals surface area (Å²) in [6.07, 6.45) is 5.43. The molecule has 84 valence electrons. The van der Waals surface area contributed by atoms with E-state index >= 15 is 0 Å². The highest BCUT2D eigenvalue weighted by atomic mass is 16.1. The summed E-state index contributed by atoms with van der Waals surface area (Å²) in [4.78, 5) is 26.3. The van der Waals surface area contributed by atoms with E-state index in [-0.39, 0.29) is 17.3 Å². The van der Waals surface area contributed by atoms with Gasteiger partial charge in [-0.2, -0.15) is 0 Å². The Labute approximate surface area is 93.9 Å². The lowest BCUT2D eigenvalue weighted by Gasteiger charge is -2.34. The monoisotopic (exact) mass is 217 g/mol. The fourth-order valence-corrected chi connectivity index (χ4v) is 3.17. The van der Waals surface area contributed by atoms with Crippen molar-refractivity contribution in [2.75, 3.05) is 0 Å². The Bertz CT molecular complexity index is 489. The lowest BCUT2D eigenvalue weighted by molar-refractivity contribution is 0.0797. The molecule has 16 heavy (non-hydrogen) atoms. The van der Waals surface area contributed by atoms with E-state index < -0.39 is 0 Å². The van der Waals surface area contributed by atoms with Gasteiger partial charge in [0.15, 0.2) is 5.78 Å². The molecule has 1 saturated carbocycles. The number of pyridine rings is 1. The summed E-state index contributed by atoms with van der Waals surface area (Å²) < 4.78 is 0. The number of hydrogen-bond acceptors (Lipinski definition) is 2. The van der Waals surface area contributed by atoms with Crippen molar-refractivity contribution < 1.29 is 4.79 Å². The Hall–Kier alpha value is -1.38. The maximum absolute atomic E-state index is 12.2. The molecule has 2 atom stereocenters. The molecule has 0 bridgehead atoms. The first-order valence-electron chi connectivity index (χ1n) is 6.02. The summed E-state index contributed by atoms with van der Waals surface area (Å²) in [5, 5.41) is 0. The molecule has 0 aromatic carbocycles. The van der Waals surface area contributed by atoms with Crippen LogP contribution in [0.2, 0.25) is 0 Å². The minimum atomic E-state index is -0.0965. The third-order valence-electron chi connectivity index (χ3n) is 3.98. The molecule has 1 N–H and O–H groups in total. The summed E-state index contributed by atoms with van der Waals surface area (Å²) in [6.45, 7) is 0. The molecule has 2 unspecified atom stereocenters. The van der Waals surface area contributed by atoms with Gasteiger partial charge in [-0.25, -0.2) is 0 Å². The number of fused-ring (bicyclic) bond motifs is 2. The first-order valence-corrected chi connectivity index (χ1v) is 6.02. The zero-order valence-electron chi connectivity index (χ0n) is 9.16. The minimum absolute atomic E-state index is 0.0965. The summed E-state index contributed by atoms with van der Waals surface area (Å²) in [6, 6.07) is 3.15. The summed E-state index contributed by atoms with van der Waals surface area (Å²) >= 11 is 0. The van der Waals surface area contributed by atoms with Gasteiger partial charge < -0.3 is 4.98 Å². The molecule has 1 aromatic heterocycles. The Balaban J connectivity index is 2.06. The second-order valence-corrected chi connectivity index (χ2v) is 4.93. The summed E-state index contributed by atoms with van der Waals surface area (Å²) in [7, 11) is 0.